The van der Waals surface area contributed by atoms with Crippen molar-refractivity contribution in [2.24, 2.45) is 5.41 Å². The molecule has 0 radical (unpaired) electrons. The van der Waals surface area contributed by atoms with Crippen LogP contribution in [0.25, 0.3) is 0 Å². The summed E-state index contributed by atoms with van der Waals surface area (Å²) in [6.07, 6.45) is 0. The Bertz CT molecular complexity index is 424. The van der Waals surface area contributed by atoms with Crippen molar-refractivity contribution < 1.29 is 9.47 Å². The van der Waals surface area contributed by atoms with Crippen molar-refractivity contribution in [3.05, 3.63) is 22.2 Å². The molecule has 1 unspecified atom stereocenters. The van der Waals surface area contributed by atoms with Crippen LogP contribution in [0.2, 0.25) is 0 Å². The zero-order valence-electron chi connectivity index (χ0n) is 10.2. The van der Waals surface area contributed by atoms with Crippen LogP contribution in [-0.2, 0) is 0 Å². The molecule has 1 aliphatic rings. The molecule has 0 fully saturated rings. The van der Waals surface area contributed by atoms with Crippen molar-refractivity contribution in [2.45, 2.75) is 25.6 Å². The largest absolute Gasteiger partial charge is 0.486 e. The first-order chi connectivity index (χ1) is 7.89. The molecule has 1 aromatic rings. The lowest BCUT2D eigenvalue weighted by Crippen LogP contribution is -2.17. The molecule has 94 valence electrons. The van der Waals surface area contributed by atoms with E-state index in [0.717, 1.165) is 16.0 Å². The minimum absolute atomic E-state index is 0.145. The lowest BCUT2D eigenvalue weighted by molar-refractivity contribution is 0.171. The summed E-state index contributed by atoms with van der Waals surface area (Å²) in [4.78, 5) is 0.264. The van der Waals surface area contributed by atoms with E-state index in [9.17, 15) is 0 Å². The zero-order chi connectivity index (χ0) is 12.6. The molecule has 0 amide bonds. The van der Waals surface area contributed by atoms with Crippen molar-refractivity contribution in [3.8, 4) is 11.5 Å². The average molecular weight is 364 g/mol. The molecule has 0 saturated carbocycles. The van der Waals surface area contributed by atoms with Crippen molar-refractivity contribution >= 4 is 31.9 Å². The molecule has 2 rings (SSSR count). The summed E-state index contributed by atoms with van der Waals surface area (Å²) in [6, 6.07) is 4.05. The van der Waals surface area contributed by atoms with Crippen LogP contribution in [0.1, 0.15) is 31.2 Å². The molecule has 0 saturated heterocycles. The topological polar surface area (TPSA) is 18.5 Å². The smallest absolute Gasteiger partial charge is 0.162 e. The number of halogens is 2. The Morgan fingerprint density at radius 1 is 1.12 bits per heavy atom. The maximum Gasteiger partial charge on any atom is 0.162 e. The van der Waals surface area contributed by atoms with Crippen LogP contribution in [0.3, 0.4) is 0 Å². The standard InChI is InChI=1S/C13H16Br2O2/c1-13(2,3)12(15)8-6-10-11(7-9(8)14)17-5-4-16-10/h6-7,12H,4-5H2,1-3H3. The Balaban J connectivity index is 2.41. The molecule has 0 spiro atoms. The van der Waals surface area contributed by atoms with Crippen LogP contribution >= 0.6 is 31.9 Å². The van der Waals surface area contributed by atoms with Crippen molar-refractivity contribution in [1.82, 2.24) is 0 Å². The maximum atomic E-state index is 5.62. The van der Waals surface area contributed by atoms with Crippen LogP contribution in [0.5, 0.6) is 11.5 Å². The highest BCUT2D eigenvalue weighted by atomic mass is 79.9. The number of hydrogen-bond donors (Lipinski definition) is 0. The van der Waals surface area contributed by atoms with Gasteiger partial charge >= 0.3 is 0 Å². The molecule has 1 atom stereocenters. The molecule has 2 nitrogen and oxygen atoms in total. The van der Waals surface area contributed by atoms with Gasteiger partial charge in [-0.2, -0.15) is 0 Å². The zero-order valence-corrected chi connectivity index (χ0v) is 13.4. The van der Waals surface area contributed by atoms with Gasteiger partial charge in [-0.1, -0.05) is 52.6 Å². The van der Waals surface area contributed by atoms with Crippen LogP contribution < -0.4 is 9.47 Å². The lowest BCUT2D eigenvalue weighted by atomic mass is 9.88. The Morgan fingerprint density at radius 3 is 2.18 bits per heavy atom. The van der Waals surface area contributed by atoms with Crippen LogP contribution in [0.4, 0.5) is 0 Å². The van der Waals surface area contributed by atoms with Gasteiger partial charge in [-0.15, -0.1) is 0 Å². The summed E-state index contributed by atoms with van der Waals surface area (Å²) >= 11 is 7.36. The number of rotatable bonds is 1. The molecule has 1 heterocycles. The highest BCUT2D eigenvalue weighted by molar-refractivity contribution is 9.11. The normalized spacial score (nSPS) is 16.8. The maximum absolute atomic E-state index is 5.62. The fourth-order valence-electron chi connectivity index (χ4n) is 1.74. The average Bonchev–Trinajstić information content (AvgIpc) is 2.26. The quantitative estimate of drug-likeness (QED) is 0.673. The van der Waals surface area contributed by atoms with E-state index >= 15 is 0 Å². The van der Waals surface area contributed by atoms with E-state index in [0.29, 0.717) is 13.2 Å². The molecule has 0 bridgehead atoms. The van der Waals surface area contributed by atoms with E-state index in [-0.39, 0.29) is 10.2 Å². The fourth-order valence-corrected chi connectivity index (χ4v) is 2.98. The van der Waals surface area contributed by atoms with Gasteiger partial charge in [-0.25, -0.2) is 0 Å². The summed E-state index contributed by atoms with van der Waals surface area (Å²) in [5, 5.41) is 0. The van der Waals surface area contributed by atoms with Crippen LogP contribution in [0, 0.1) is 5.41 Å². The van der Waals surface area contributed by atoms with E-state index in [1.165, 1.54) is 5.56 Å². The number of hydrogen-bond acceptors (Lipinski definition) is 2. The Morgan fingerprint density at radius 2 is 1.65 bits per heavy atom. The van der Waals surface area contributed by atoms with Gasteiger partial charge in [-0.3, -0.25) is 0 Å². The number of benzene rings is 1. The van der Waals surface area contributed by atoms with E-state index in [1.54, 1.807) is 0 Å². The first kappa shape index (κ1) is 13.2. The molecule has 0 N–H and O–H groups in total. The summed E-state index contributed by atoms with van der Waals surface area (Å²) in [5.41, 5.74) is 1.34. The van der Waals surface area contributed by atoms with Gasteiger partial charge in [0.25, 0.3) is 0 Å². The van der Waals surface area contributed by atoms with Crippen LogP contribution in [0.15, 0.2) is 16.6 Å². The minimum Gasteiger partial charge on any atom is -0.486 e. The third-order valence-electron chi connectivity index (χ3n) is 2.69. The Hall–Kier alpha value is -0.220. The molecule has 17 heavy (non-hydrogen) atoms. The van der Waals surface area contributed by atoms with Crippen molar-refractivity contribution in [1.29, 1.82) is 0 Å². The number of alkyl halides is 1. The number of fused-ring (bicyclic) bond motifs is 1. The highest BCUT2D eigenvalue weighted by Crippen LogP contribution is 2.46. The summed E-state index contributed by atoms with van der Waals surface area (Å²) in [6.45, 7) is 7.85. The second-order valence-corrected chi connectivity index (χ2v) is 7.02. The van der Waals surface area contributed by atoms with E-state index < -0.39 is 0 Å². The third kappa shape index (κ3) is 2.79. The Labute approximate surface area is 119 Å². The summed E-state index contributed by atoms with van der Waals surface area (Å²) < 4.78 is 12.2. The summed E-state index contributed by atoms with van der Waals surface area (Å²) in [7, 11) is 0. The van der Waals surface area contributed by atoms with Gasteiger partial charge in [0, 0.05) is 9.30 Å². The van der Waals surface area contributed by atoms with Gasteiger partial charge in [-0.05, 0) is 23.1 Å². The molecule has 4 heteroatoms. The van der Waals surface area contributed by atoms with Gasteiger partial charge in [0.05, 0.1) is 0 Å². The van der Waals surface area contributed by atoms with E-state index in [2.05, 4.69) is 58.7 Å². The lowest BCUT2D eigenvalue weighted by Gasteiger charge is -2.28. The van der Waals surface area contributed by atoms with Crippen molar-refractivity contribution in [2.75, 3.05) is 13.2 Å². The van der Waals surface area contributed by atoms with Crippen LogP contribution in [-0.4, -0.2) is 13.2 Å². The van der Waals surface area contributed by atoms with Gasteiger partial charge in [0.2, 0.25) is 0 Å². The molecular weight excluding hydrogens is 348 g/mol. The van der Waals surface area contributed by atoms with Gasteiger partial charge in [0.1, 0.15) is 13.2 Å². The molecule has 1 aromatic carbocycles. The van der Waals surface area contributed by atoms with E-state index in [1.807, 2.05) is 6.07 Å². The highest BCUT2D eigenvalue weighted by Gasteiger charge is 2.27. The first-order valence-electron chi connectivity index (χ1n) is 5.62. The molecule has 0 aliphatic carbocycles. The fraction of sp³-hybridized carbons (Fsp3) is 0.538. The predicted octanol–water partition coefficient (Wildman–Crippen LogP) is 4.70. The van der Waals surface area contributed by atoms with E-state index in [4.69, 9.17) is 9.47 Å². The second-order valence-electron chi connectivity index (χ2n) is 5.25. The predicted molar refractivity (Wildman–Crippen MR) is 76.3 cm³/mol. The minimum atomic E-state index is 0.145. The molecular formula is C13H16Br2O2. The first-order valence-corrected chi connectivity index (χ1v) is 7.33. The summed E-state index contributed by atoms with van der Waals surface area (Å²) in [5.74, 6) is 1.66. The monoisotopic (exact) mass is 362 g/mol. The second kappa shape index (κ2) is 4.81. The third-order valence-corrected chi connectivity index (χ3v) is 5.25. The Kier molecular flexibility index (Phi) is 3.74. The molecule has 0 aromatic heterocycles. The SMILES string of the molecule is CC(C)(C)C(Br)c1cc2c(cc1Br)OCCO2. The van der Waals surface area contributed by atoms with Gasteiger partial charge in [0.15, 0.2) is 11.5 Å². The van der Waals surface area contributed by atoms with Gasteiger partial charge < -0.3 is 9.47 Å². The number of ether oxygens (including phenoxy) is 2. The van der Waals surface area contributed by atoms with Crippen molar-refractivity contribution in [3.63, 3.8) is 0 Å². The molecule has 1 aliphatic heterocycles.